The fraction of sp³-hybridized carbons (Fsp3) is 0.562. The fourth-order valence-corrected chi connectivity index (χ4v) is 2.89. The first-order valence-corrected chi connectivity index (χ1v) is 8.07. The highest BCUT2D eigenvalue weighted by Gasteiger charge is 2.37. The standard InChI is InChI=1S/C16H21Cl2NO3/c1-16(2,3)22-15(21)19-8-4-5-13(19)14(20)10-6-7-11(17)12(18)9-10/h6-7,9,13-14,20H,4-5,8H2,1-3H3/t13-,14?/m0/s1. The molecule has 6 heteroatoms. The number of ether oxygens (including phenoxy) is 1. The van der Waals surface area contributed by atoms with Crippen molar-refractivity contribution in [2.45, 2.75) is 51.4 Å². The number of aliphatic hydroxyl groups is 1. The van der Waals surface area contributed by atoms with Gasteiger partial charge in [0.1, 0.15) is 5.60 Å². The van der Waals surface area contributed by atoms with Crippen LogP contribution in [0.5, 0.6) is 0 Å². The van der Waals surface area contributed by atoms with E-state index in [1.54, 1.807) is 23.1 Å². The van der Waals surface area contributed by atoms with Crippen LogP contribution in [0, 0.1) is 0 Å². The Morgan fingerprint density at radius 1 is 1.36 bits per heavy atom. The number of carbonyl (C=O) groups excluding carboxylic acids is 1. The van der Waals surface area contributed by atoms with Crippen LogP contribution in [-0.4, -0.2) is 34.3 Å². The monoisotopic (exact) mass is 345 g/mol. The Labute approximate surface area is 141 Å². The number of nitrogens with zero attached hydrogens (tertiary/aromatic N) is 1. The van der Waals surface area contributed by atoms with Crippen molar-refractivity contribution in [2.75, 3.05) is 6.54 Å². The summed E-state index contributed by atoms with van der Waals surface area (Å²) in [4.78, 5) is 13.9. The van der Waals surface area contributed by atoms with Crippen LogP contribution >= 0.6 is 23.2 Å². The molecule has 2 rings (SSSR count). The first-order chi connectivity index (χ1) is 10.2. The molecule has 22 heavy (non-hydrogen) atoms. The van der Waals surface area contributed by atoms with Gasteiger partial charge in [-0.1, -0.05) is 29.3 Å². The molecule has 1 aromatic carbocycles. The maximum Gasteiger partial charge on any atom is 0.410 e. The van der Waals surface area contributed by atoms with E-state index < -0.39 is 17.8 Å². The summed E-state index contributed by atoms with van der Waals surface area (Å²) in [7, 11) is 0. The van der Waals surface area contributed by atoms with Gasteiger partial charge in [0.25, 0.3) is 0 Å². The van der Waals surface area contributed by atoms with Gasteiger partial charge in [0, 0.05) is 6.54 Å². The fourth-order valence-electron chi connectivity index (χ4n) is 2.59. The van der Waals surface area contributed by atoms with Crippen molar-refractivity contribution in [1.29, 1.82) is 0 Å². The Kier molecular flexibility index (Phi) is 5.25. The van der Waals surface area contributed by atoms with E-state index in [1.807, 2.05) is 20.8 Å². The van der Waals surface area contributed by atoms with E-state index in [0.717, 1.165) is 12.8 Å². The summed E-state index contributed by atoms with van der Waals surface area (Å²) in [6.45, 7) is 6.06. The molecule has 1 aromatic rings. The number of aliphatic hydroxyl groups excluding tert-OH is 1. The second kappa shape index (κ2) is 6.65. The van der Waals surface area contributed by atoms with E-state index >= 15 is 0 Å². The van der Waals surface area contributed by atoms with Crippen molar-refractivity contribution < 1.29 is 14.6 Å². The van der Waals surface area contributed by atoms with Crippen LogP contribution in [0.15, 0.2) is 18.2 Å². The molecule has 1 amide bonds. The van der Waals surface area contributed by atoms with Gasteiger partial charge in [-0.05, 0) is 51.3 Å². The Morgan fingerprint density at radius 3 is 2.64 bits per heavy atom. The largest absolute Gasteiger partial charge is 0.444 e. The van der Waals surface area contributed by atoms with Crippen molar-refractivity contribution in [2.24, 2.45) is 0 Å². The van der Waals surface area contributed by atoms with E-state index in [-0.39, 0.29) is 6.04 Å². The van der Waals surface area contributed by atoms with Crippen molar-refractivity contribution in [3.63, 3.8) is 0 Å². The summed E-state index contributed by atoms with van der Waals surface area (Å²) in [6.07, 6.45) is 0.349. The lowest BCUT2D eigenvalue weighted by atomic mass is 10.0. The van der Waals surface area contributed by atoms with Crippen molar-refractivity contribution in [3.8, 4) is 0 Å². The molecule has 1 fully saturated rings. The lowest BCUT2D eigenvalue weighted by molar-refractivity contribution is 0.00490. The van der Waals surface area contributed by atoms with E-state index in [2.05, 4.69) is 0 Å². The Hall–Kier alpha value is -0.970. The first kappa shape index (κ1) is 17.4. The third-order valence-electron chi connectivity index (χ3n) is 3.58. The number of hydrogen-bond acceptors (Lipinski definition) is 3. The number of likely N-dealkylation sites (tertiary alicyclic amines) is 1. The average Bonchev–Trinajstić information content (AvgIpc) is 2.88. The molecule has 1 aliphatic heterocycles. The molecule has 122 valence electrons. The third-order valence-corrected chi connectivity index (χ3v) is 4.32. The number of amides is 1. The topological polar surface area (TPSA) is 49.8 Å². The van der Waals surface area contributed by atoms with E-state index in [0.29, 0.717) is 22.2 Å². The van der Waals surface area contributed by atoms with Crippen LogP contribution in [0.3, 0.4) is 0 Å². The molecule has 1 aliphatic rings. The maximum atomic E-state index is 12.3. The zero-order valence-corrected chi connectivity index (χ0v) is 14.5. The maximum absolute atomic E-state index is 12.3. The molecule has 1 unspecified atom stereocenters. The zero-order valence-electron chi connectivity index (χ0n) is 13.0. The molecule has 0 spiro atoms. The van der Waals surface area contributed by atoms with Gasteiger partial charge in [-0.3, -0.25) is 0 Å². The second-order valence-electron chi connectivity index (χ2n) is 6.50. The quantitative estimate of drug-likeness (QED) is 0.862. The minimum atomic E-state index is -0.815. The highest BCUT2D eigenvalue weighted by molar-refractivity contribution is 6.42. The van der Waals surface area contributed by atoms with Gasteiger partial charge in [-0.2, -0.15) is 0 Å². The Morgan fingerprint density at radius 2 is 2.05 bits per heavy atom. The van der Waals surface area contributed by atoms with Crippen LogP contribution < -0.4 is 0 Å². The van der Waals surface area contributed by atoms with Crippen LogP contribution in [0.25, 0.3) is 0 Å². The minimum absolute atomic E-state index is 0.313. The number of benzene rings is 1. The van der Waals surface area contributed by atoms with Crippen LogP contribution in [-0.2, 0) is 4.74 Å². The lowest BCUT2D eigenvalue weighted by Crippen LogP contribution is -2.42. The van der Waals surface area contributed by atoms with Crippen LogP contribution in [0.2, 0.25) is 10.0 Å². The smallest absolute Gasteiger partial charge is 0.410 e. The second-order valence-corrected chi connectivity index (χ2v) is 7.32. The normalized spacial score (nSPS) is 20.1. The SMILES string of the molecule is CC(C)(C)OC(=O)N1CCC[C@H]1C(O)c1ccc(Cl)c(Cl)c1. The third kappa shape index (κ3) is 4.06. The first-order valence-electron chi connectivity index (χ1n) is 7.31. The molecule has 0 saturated carbocycles. The average molecular weight is 346 g/mol. The summed E-state index contributed by atoms with van der Waals surface area (Å²) >= 11 is 11.9. The van der Waals surface area contributed by atoms with Gasteiger partial charge in [0.05, 0.1) is 22.2 Å². The summed E-state index contributed by atoms with van der Waals surface area (Å²) in [6, 6.07) is 4.70. The zero-order chi connectivity index (χ0) is 16.5. The Bertz CT molecular complexity index is 557. The predicted molar refractivity (Wildman–Crippen MR) is 87.4 cm³/mol. The molecule has 0 aliphatic carbocycles. The molecule has 4 nitrogen and oxygen atoms in total. The highest BCUT2D eigenvalue weighted by Crippen LogP contribution is 2.33. The molecule has 0 bridgehead atoms. The summed E-state index contributed by atoms with van der Waals surface area (Å²) in [5.74, 6) is 0. The summed E-state index contributed by atoms with van der Waals surface area (Å²) in [5, 5.41) is 11.4. The Balaban J connectivity index is 2.15. The highest BCUT2D eigenvalue weighted by atomic mass is 35.5. The van der Waals surface area contributed by atoms with Crippen molar-refractivity contribution in [1.82, 2.24) is 4.90 Å². The van der Waals surface area contributed by atoms with Crippen molar-refractivity contribution in [3.05, 3.63) is 33.8 Å². The van der Waals surface area contributed by atoms with Gasteiger partial charge >= 0.3 is 6.09 Å². The molecule has 1 N–H and O–H groups in total. The number of hydrogen-bond donors (Lipinski definition) is 1. The van der Waals surface area contributed by atoms with Gasteiger partial charge in [-0.25, -0.2) is 4.79 Å². The summed E-state index contributed by atoms with van der Waals surface area (Å²) in [5.41, 5.74) is 0.0912. The van der Waals surface area contributed by atoms with E-state index in [1.165, 1.54) is 0 Å². The lowest BCUT2D eigenvalue weighted by Gasteiger charge is -2.31. The molecule has 0 aromatic heterocycles. The van der Waals surface area contributed by atoms with Gasteiger partial charge in [0.2, 0.25) is 0 Å². The molecule has 0 radical (unpaired) electrons. The van der Waals surface area contributed by atoms with E-state index in [9.17, 15) is 9.90 Å². The van der Waals surface area contributed by atoms with E-state index in [4.69, 9.17) is 27.9 Å². The minimum Gasteiger partial charge on any atom is -0.444 e. The van der Waals surface area contributed by atoms with Gasteiger partial charge < -0.3 is 14.7 Å². The molecular formula is C16H21Cl2NO3. The molecule has 1 saturated heterocycles. The molecule has 2 atom stereocenters. The van der Waals surface area contributed by atoms with Crippen LogP contribution in [0.1, 0.15) is 45.3 Å². The number of rotatable bonds is 2. The van der Waals surface area contributed by atoms with Gasteiger partial charge in [-0.15, -0.1) is 0 Å². The van der Waals surface area contributed by atoms with Crippen LogP contribution in [0.4, 0.5) is 4.79 Å². The molecular weight excluding hydrogens is 325 g/mol. The van der Waals surface area contributed by atoms with Gasteiger partial charge in [0.15, 0.2) is 0 Å². The summed E-state index contributed by atoms with van der Waals surface area (Å²) < 4.78 is 5.41. The molecule has 1 heterocycles. The van der Waals surface area contributed by atoms with Crippen molar-refractivity contribution >= 4 is 29.3 Å². The number of halogens is 2. The number of carbonyl (C=O) groups is 1. The predicted octanol–water partition coefficient (Wildman–Crippen LogP) is 4.43.